The highest BCUT2D eigenvalue weighted by molar-refractivity contribution is 5.88. The van der Waals surface area contributed by atoms with Gasteiger partial charge in [0.05, 0.1) is 0 Å². The van der Waals surface area contributed by atoms with Crippen LogP contribution in [0.5, 0.6) is 0 Å². The molecule has 0 atom stereocenters. The van der Waals surface area contributed by atoms with Crippen LogP contribution >= 0.6 is 0 Å². The van der Waals surface area contributed by atoms with Crippen molar-refractivity contribution >= 4 is 11.8 Å². The molecule has 2 aromatic rings. The van der Waals surface area contributed by atoms with Crippen LogP contribution in [0.15, 0.2) is 36.5 Å². The summed E-state index contributed by atoms with van der Waals surface area (Å²) in [6.45, 7) is 2.53. The first-order valence-electron chi connectivity index (χ1n) is 5.73. The molecular weight excluding hydrogens is 228 g/mol. The van der Waals surface area contributed by atoms with Gasteiger partial charge >= 0.3 is 6.03 Å². The third-order valence-electron chi connectivity index (χ3n) is 2.53. The number of hydrogen-bond donors (Lipinski definition) is 2. The maximum absolute atomic E-state index is 11.6. The second-order valence-corrected chi connectivity index (χ2v) is 4.17. The van der Waals surface area contributed by atoms with E-state index in [2.05, 4.69) is 15.7 Å². The number of benzene rings is 1. The van der Waals surface area contributed by atoms with E-state index >= 15 is 0 Å². The molecule has 18 heavy (non-hydrogen) atoms. The Morgan fingerprint density at radius 3 is 2.61 bits per heavy atom. The number of hydrogen-bond acceptors (Lipinski definition) is 2. The zero-order valence-corrected chi connectivity index (χ0v) is 10.5. The standard InChI is InChI=1S/C13H16N4O/c1-10-3-5-11(6-4-10)9-14-13(18)15-12-7-8-17(2)16-12/h3-8H,9H2,1-2H3,(H2,14,15,16,18). The minimum atomic E-state index is -0.255. The van der Waals surface area contributed by atoms with Crippen molar-refractivity contribution < 1.29 is 4.79 Å². The van der Waals surface area contributed by atoms with Crippen LogP contribution in [0.3, 0.4) is 0 Å². The number of amides is 2. The van der Waals surface area contributed by atoms with Gasteiger partial charge in [0.15, 0.2) is 5.82 Å². The lowest BCUT2D eigenvalue weighted by molar-refractivity contribution is 0.251. The Morgan fingerprint density at radius 2 is 2.00 bits per heavy atom. The van der Waals surface area contributed by atoms with Crippen LogP contribution in [0, 0.1) is 6.92 Å². The van der Waals surface area contributed by atoms with Crippen molar-refractivity contribution in [1.29, 1.82) is 0 Å². The molecule has 94 valence electrons. The maximum Gasteiger partial charge on any atom is 0.320 e. The molecule has 0 fully saturated rings. The number of nitrogens with zero attached hydrogens (tertiary/aromatic N) is 2. The zero-order chi connectivity index (χ0) is 13.0. The second-order valence-electron chi connectivity index (χ2n) is 4.17. The smallest absolute Gasteiger partial charge is 0.320 e. The summed E-state index contributed by atoms with van der Waals surface area (Å²) in [4.78, 5) is 11.6. The molecule has 0 bridgehead atoms. The first kappa shape index (κ1) is 12.2. The number of carbonyl (C=O) groups is 1. The first-order valence-corrected chi connectivity index (χ1v) is 5.73. The summed E-state index contributed by atoms with van der Waals surface area (Å²) in [7, 11) is 1.80. The number of aromatic nitrogens is 2. The number of carbonyl (C=O) groups excluding carboxylic acids is 1. The SMILES string of the molecule is Cc1ccc(CNC(=O)Nc2ccn(C)n2)cc1. The van der Waals surface area contributed by atoms with Crippen molar-refractivity contribution in [3.63, 3.8) is 0 Å². The summed E-state index contributed by atoms with van der Waals surface area (Å²) in [5.41, 5.74) is 2.27. The monoisotopic (exact) mass is 244 g/mol. The highest BCUT2D eigenvalue weighted by Gasteiger charge is 2.03. The normalized spacial score (nSPS) is 10.1. The van der Waals surface area contributed by atoms with E-state index in [0.717, 1.165) is 5.56 Å². The Balaban J connectivity index is 1.83. The zero-order valence-electron chi connectivity index (χ0n) is 10.5. The fraction of sp³-hybridized carbons (Fsp3) is 0.231. The number of nitrogens with one attached hydrogen (secondary N) is 2. The average molecular weight is 244 g/mol. The molecule has 0 unspecified atom stereocenters. The molecule has 2 N–H and O–H groups in total. The quantitative estimate of drug-likeness (QED) is 0.868. The minimum Gasteiger partial charge on any atom is -0.334 e. The van der Waals surface area contributed by atoms with Crippen LogP contribution in [0.1, 0.15) is 11.1 Å². The van der Waals surface area contributed by atoms with Gasteiger partial charge in [0.2, 0.25) is 0 Å². The van der Waals surface area contributed by atoms with Crippen LogP contribution in [-0.2, 0) is 13.6 Å². The van der Waals surface area contributed by atoms with Crippen LogP contribution in [-0.4, -0.2) is 15.8 Å². The van der Waals surface area contributed by atoms with Crippen LogP contribution in [0.2, 0.25) is 0 Å². The third-order valence-corrected chi connectivity index (χ3v) is 2.53. The number of anilines is 1. The molecule has 0 aliphatic carbocycles. The largest absolute Gasteiger partial charge is 0.334 e. The van der Waals surface area contributed by atoms with Gasteiger partial charge in [-0.05, 0) is 12.5 Å². The van der Waals surface area contributed by atoms with E-state index < -0.39 is 0 Å². The van der Waals surface area contributed by atoms with Crippen molar-refractivity contribution in [2.75, 3.05) is 5.32 Å². The fourth-order valence-corrected chi connectivity index (χ4v) is 1.53. The molecule has 1 heterocycles. The Morgan fingerprint density at radius 1 is 1.28 bits per heavy atom. The molecule has 5 heteroatoms. The van der Waals surface area contributed by atoms with E-state index in [0.29, 0.717) is 12.4 Å². The molecule has 0 spiro atoms. The Kier molecular flexibility index (Phi) is 3.62. The van der Waals surface area contributed by atoms with Crippen molar-refractivity contribution in [2.45, 2.75) is 13.5 Å². The number of urea groups is 1. The van der Waals surface area contributed by atoms with Crippen molar-refractivity contribution in [3.05, 3.63) is 47.7 Å². The van der Waals surface area contributed by atoms with Gasteiger partial charge < -0.3 is 5.32 Å². The number of rotatable bonds is 3. The van der Waals surface area contributed by atoms with Gasteiger partial charge in [-0.1, -0.05) is 29.8 Å². The van der Waals surface area contributed by atoms with E-state index in [1.54, 1.807) is 24.0 Å². The highest BCUT2D eigenvalue weighted by Crippen LogP contribution is 2.03. The molecule has 2 rings (SSSR count). The minimum absolute atomic E-state index is 0.255. The first-order chi connectivity index (χ1) is 8.63. The van der Waals surface area contributed by atoms with E-state index in [-0.39, 0.29) is 6.03 Å². The van der Waals surface area contributed by atoms with E-state index in [9.17, 15) is 4.79 Å². The molecule has 1 aromatic carbocycles. The van der Waals surface area contributed by atoms with Crippen molar-refractivity contribution in [2.24, 2.45) is 7.05 Å². The maximum atomic E-state index is 11.6. The van der Waals surface area contributed by atoms with Crippen molar-refractivity contribution in [1.82, 2.24) is 15.1 Å². The van der Waals surface area contributed by atoms with Gasteiger partial charge in [0.1, 0.15) is 0 Å². The Hall–Kier alpha value is -2.30. The lowest BCUT2D eigenvalue weighted by Crippen LogP contribution is -2.28. The summed E-state index contributed by atoms with van der Waals surface area (Å²) >= 11 is 0. The van der Waals surface area contributed by atoms with Crippen molar-refractivity contribution in [3.8, 4) is 0 Å². The van der Waals surface area contributed by atoms with Gasteiger partial charge in [-0.2, -0.15) is 5.10 Å². The van der Waals surface area contributed by atoms with E-state index in [1.165, 1.54) is 5.56 Å². The Bertz CT molecular complexity index is 530. The lowest BCUT2D eigenvalue weighted by atomic mass is 10.1. The van der Waals surface area contributed by atoms with Crippen LogP contribution in [0.25, 0.3) is 0 Å². The summed E-state index contributed by atoms with van der Waals surface area (Å²) in [5, 5.41) is 9.50. The summed E-state index contributed by atoms with van der Waals surface area (Å²) in [6.07, 6.45) is 1.77. The van der Waals surface area contributed by atoms with Crippen LogP contribution in [0.4, 0.5) is 10.6 Å². The molecule has 5 nitrogen and oxygen atoms in total. The third kappa shape index (κ3) is 3.35. The van der Waals surface area contributed by atoms with Crippen LogP contribution < -0.4 is 10.6 Å². The average Bonchev–Trinajstić information content (AvgIpc) is 2.74. The molecule has 0 saturated heterocycles. The molecule has 0 saturated carbocycles. The van der Waals surface area contributed by atoms with Gasteiger partial charge in [-0.25, -0.2) is 4.79 Å². The van der Waals surface area contributed by atoms with Gasteiger partial charge in [0, 0.05) is 25.9 Å². The summed E-state index contributed by atoms with van der Waals surface area (Å²) in [6, 6.07) is 9.52. The molecule has 1 aromatic heterocycles. The summed E-state index contributed by atoms with van der Waals surface area (Å²) < 4.78 is 1.63. The second kappa shape index (κ2) is 5.35. The molecule has 2 amide bonds. The highest BCUT2D eigenvalue weighted by atomic mass is 16.2. The summed E-state index contributed by atoms with van der Waals surface area (Å²) in [5.74, 6) is 0.541. The molecule has 0 aliphatic rings. The predicted octanol–water partition coefficient (Wildman–Crippen LogP) is 2.05. The van der Waals surface area contributed by atoms with Gasteiger partial charge in [-0.3, -0.25) is 10.00 Å². The van der Waals surface area contributed by atoms with Gasteiger partial charge in [-0.15, -0.1) is 0 Å². The molecule has 0 aliphatic heterocycles. The number of aryl methyl sites for hydroxylation is 2. The van der Waals surface area contributed by atoms with E-state index in [4.69, 9.17) is 0 Å². The Labute approximate surface area is 106 Å². The topological polar surface area (TPSA) is 59.0 Å². The molecule has 0 radical (unpaired) electrons. The van der Waals surface area contributed by atoms with Gasteiger partial charge in [0.25, 0.3) is 0 Å². The van der Waals surface area contributed by atoms with E-state index in [1.807, 2.05) is 31.2 Å². The lowest BCUT2D eigenvalue weighted by Gasteiger charge is -2.05. The predicted molar refractivity (Wildman–Crippen MR) is 70.2 cm³/mol. The fourth-order valence-electron chi connectivity index (χ4n) is 1.53. The molecular formula is C13H16N4O.